The molecule has 0 aliphatic heterocycles. The number of nitrogens with zero attached hydrogens (tertiary/aromatic N) is 2. The highest BCUT2D eigenvalue weighted by Crippen LogP contribution is 2.18. The molecule has 0 aliphatic rings. The predicted octanol–water partition coefficient (Wildman–Crippen LogP) is 2.49. The lowest BCUT2D eigenvalue weighted by atomic mass is 10.0. The van der Waals surface area contributed by atoms with Gasteiger partial charge in [0.25, 0.3) is 6.01 Å². The number of fused-ring (bicyclic) bond motifs is 1. The van der Waals surface area contributed by atoms with Crippen molar-refractivity contribution < 1.29 is 9.52 Å². The Bertz CT molecular complexity index is 664. The second kappa shape index (κ2) is 6.37. The van der Waals surface area contributed by atoms with Crippen LogP contribution in [0, 0.1) is 5.92 Å². The Kier molecular flexibility index (Phi) is 4.12. The van der Waals surface area contributed by atoms with Gasteiger partial charge in [0.15, 0.2) is 5.58 Å². The molecule has 0 saturated carbocycles. The highest BCUT2D eigenvalue weighted by molar-refractivity contribution is 5.74. The number of aromatic nitrogens is 2. The van der Waals surface area contributed by atoms with E-state index in [0.717, 1.165) is 23.1 Å². The molecular formula is C16H17N3O2. The second-order valence-electron chi connectivity index (χ2n) is 4.98. The van der Waals surface area contributed by atoms with Crippen molar-refractivity contribution in [3.05, 3.63) is 54.4 Å². The summed E-state index contributed by atoms with van der Waals surface area (Å²) in [4.78, 5) is 8.44. The third-order valence-electron chi connectivity index (χ3n) is 3.34. The Balaban J connectivity index is 1.62. The maximum Gasteiger partial charge on any atom is 0.295 e. The normalized spacial score (nSPS) is 12.4. The largest absolute Gasteiger partial charge is 0.424 e. The number of nitrogens with one attached hydrogen (secondary N) is 1. The van der Waals surface area contributed by atoms with Crippen LogP contribution in [-0.2, 0) is 6.42 Å². The fourth-order valence-electron chi connectivity index (χ4n) is 2.23. The molecule has 0 aliphatic carbocycles. The quantitative estimate of drug-likeness (QED) is 0.727. The van der Waals surface area contributed by atoms with Crippen LogP contribution < -0.4 is 5.32 Å². The maximum atomic E-state index is 9.49. The summed E-state index contributed by atoms with van der Waals surface area (Å²) in [5.74, 6) is 0.0872. The Labute approximate surface area is 122 Å². The van der Waals surface area contributed by atoms with Crippen LogP contribution in [0.25, 0.3) is 11.1 Å². The molecule has 1 atom stereocenters. The fourth-order valence-corrected chi connectivity index (χ4v) is 2.23. The van der Waals surface area contributed by atoms with Crippen molar-refractivity contribution in [2.45, 2.75) is 6.42 Å². The lowest BCUT2D eigenvalue weighted by Crippen LogP contribution is -2.20. The van der Waals surface area contributed by atoms with Gasteiger partial charge in [-0.25, -0.2) is 0 Å². The molecule has 0 bridgehead atoms. The van der Waals surface area contributed by atoms with E-state index in [1.807, 2.05) is 42.6 Å². The maximum absolute atomic E-state index is 9.49. The van der Waals surface area contributed by atoms with Gasteiger partial charge >= 0.3 is 0 Å². The first-order chi connectivity index (χ1) is 10.3. The summed E-state index contributed by atoms with van der Waals surface area (Å²) in [7, 11) is 0. The topological polar surface area (TPSA) is 71.2 Å². The van der Waals surface area contributed by atoms with Gasteiger partial charge in [-0.05, 0) is 30.2 Å². The minimum Gasteiger partial charge on any atom is -0.424 e. The monoisotopic (exact) mass is 283 g/mol. The van der Waals surface area contributed by atoms with Crippen LogP contribution in [0.15, 0.2) is 53.2 Å². The molecule has 3 rings (SSSR count). The van der Waals surface area contributed by atoms with E-state index in [9.17, 15) is 5.11 Å². The van der Waals surface area contributed by atoms with Crippen molar-refractivity contribution in [2.24, 2.45) is 5.92 Å². The average Bonchev–Trinajstić information content (AvgIpc) is 2.95. The fraction of sp³-hybridized carbons (Fsp3) is 0.250. The number of pyridine rings is 1. The summed E-state index contributed by atoms with van der Waals surface area (Å²) >= 11 is 0. The number of oxazole rings is 1. The van der Waals surface area contributed by atoms with Crippen molar-refractivity contribution in [3.63, 3.8) is 0 Å². The number of rotatable bonds is 6. The molecule has 2 heterocycles. The molecule has 0 unspecified atom stereocenters. The lowest BCUT2D eigenvalue weighted by molar-refractivity contribution is 0.232. The van der Waals surface area contributed by atoms with Gasteiger partial charge in [0, 0.05) is 31.5 Å². The Morgan fingerprint density at radius 1 is 1.19 bits per heavy atom. The zero-order valence-electron chi connectivity index (χ0n) is 11.6. The third kappa shape index (κ3) is 3.38. The van der Waals surface area contributed by atoms with E-state index >= 15 is 0 Å². The van der Waals surface area contributed by atoms with Crippen LogP contribution in [-0.4, -0.2) is 28.2 Å². The van der Waals surface area contributed by atoms with Gasteiger partial charge in [-0.1, -0.05) is 18.2 Å². The van der Waals surface area contributed by atoms with E-state index in [-0.39, 0.29) is 12.5 Å². The van der Waals surface area contributed by atoms with Crippen molar-refractivity contribution >= 4 is 17.1 Å². The van der Waals surface area contributed by atoms with Crippen molar-refractivity contribution in [1.29, 1.82) is 0 Å². The molecule has 0 radical (unpaired) electrons. The van der Waals surface area contributed by atoms with Gasteiger partial charge in [0.1, 0.15) is 5.52 Å². The highest BCUT2D eigenvalue weighted by atomic mass is 16.4. The molecule has 0 amide bonds. The zero-order chi connectivity index (χ0) is 14.5. The van der Waals surface area contributed by atoms with Crippen LogP contribution in [0.1, 0.15) is 5.56 Å². The van der Waals surface area contributed by atoms with E-state index in [0.29, 0.717) is 12.6 Å². The Morgan fingerprint density at radius 3 is 2.86 bits per heavy atom. The number of aliphatic hydroxyl groups is 1. The van der Waals surface area contributed by atoms with E-state index < -0.39 is 0 Å². The van der Waals surface area contributed by atoms with Crippen molar-refractivity contribution in [1.82, 2.24) is 9.97 Å². The molecule has 2 N–H and O–H groups in total. The Morgan fingerprint density at radius 2 is 2.10 bits per heavy atom. The number of para-hydroxylation sites is 2. The molecule has 3 aromatic rings. The second-order valence-corrected chi connectivity index (χ2v) is 4.98. The molecule has 0 saturated heterocycles. The molecule has 2 aromatic heterocycles. The number of anilines is 1. The van der Waals surface area contributed by atoms with E-state index in [1.54, 1.807) is 6.20 Å². The first-order valence-corrected chi connectivity index (χ1v) is 6.94. The predicted molar refractivity (Wildman–Crippen MR) is 81.0 cm³/mol. The van der Waals surface area contributed by atoms with E-state index in [1.165, 1.54) is 0 Å². The van der Waals surface area contributed by atoms with Crippen LogP contribution in [0.4, 0.5) is 6.01 Å². The smallest absolute Gasteiger partial charge is 0.295 e. The summed E-state index contributed by atoms with van der Waals surface area (Å²) in [5.41, 5.74) is 2.69. The number of benzene rings is 1. The Hall–Kier alpha value is -2.40. The van der Waals surface area contributed by atoms with Gasteiger partial charge in [-0.15, -0.1) is 0 Å². The van der Waals surface area contributed by atoms with Gasteiger partial charge in [0.2, 0.25) is 0 Å². The first-order valence-electron chi connectivity index (χ1n) is 6.94. The lowest BCUT2D eigenvalue weighted by Gasteiger charge is -2.13. The van der Waals surface area contributed by atoms with Crippen molar-refractivity contribution in [2.75, 3.05) is 18.5 Å². The summed E-state index contributed by atoms with van der Waals surface area (Å²) < 4.78 is 5.60. The van der Waals surface area contributed by atoms with Gasteiger partial charge in [-0.2, -0.15) is 4.98 Å². The van der Waals surface area contributed by atoms with E-state index in [4.69, 9.17) is 4.42 Å². The van der Waals surface area contributed by atoms with Crippen LogP contribution in [0.5, 0.6) is 0 Å². The summed E-state index contributed by atoms with van der Waals surface area (Å²) in [6.07, 6.45) is 4.33. The van der Waals surface area contributed by atoms with Gasteiger partial charge in [0.05, 0.1) is 0 Å². The van der Waals surface area contributed by atoms with Gasteiger partial charge in [-0.3, -0.25) is 4.98 Å². The standard InChI is InChI=1S/C16H17N3O2/c20-11-13(8-12-4-3-7-17-9-12)10-18-16-19-14-5-1-2-6-15(14)21-16/h1-7,9,13,20H,8,10-11H2,(H,18,19)/t13-/m1/s1. The molecule has 1 aromatic carbocycles. The zero-order valence-corrected chi connectivity index (χ0v) is 11.6. The van der Waals surface area contributed by atoms with Crippen LogP contribution in [0.3, 0.4) is 0 Å². The minimum atomic E-state index is 0.0872. The number of hydrogen-bond donors (Lipinski definition) is 2. The van der Waals surface area contributed by atoms with Crippen molar-refractivity contribution in [3.8, 4) is 0 Å². The number of aliphatic hydroxyl groups excluding tert-OH is 1. The molecule has 21 heavy (non-hydrogen) atoms. The first kappa shape index (κ1) is 13.6. The minimum absolute atomic E-state index is 0.0872. The average molecular weight is 283 g/mol. The SMILES string of the molecule is OC[C@@H](CNc1nc2ccccc2o1)Cc1cccnc1. The molecule has 0 fully saturated rings. The third-order valence-corrected chi connectivity index (χ3v) is 3.34. The molecule has 5 heteroatoms. The molecule has 108 valence electrons. The summed E-state index contributed by atoms with van der Waals surface area (Å²) in [5, 5.41) is 12.6. The summed E-state index contributed by atoms with van der Waals surface area (Å²) in [6.45, 7) is 0.695. The summed E-state index contributed by atoms with van der Waals surface area (Å²) in [6, 6.07) is 12.0. The highest BCUT2D eigenvalue weighted by Gasteiger charge is 2.11. The molecular weight excluding hydrogens is 266 g/mol. The van der Waals surface area contributed by atoms with Crippen LogP contribution >= 0.6 is 0 Å². The molecule has 5 nitrogen and oxygen atoms in total. The van der Waals surface area contributed by atoms with Gasteiger partial charge < -0.3 is 14.8 Å². The van der Waals surface area contributed by atoms with E-state index in [2.05, 4.69) is 15.3 Å². The molecule has 0 spiro atoms. The number of hydrogen-bond acceptors (Lipinski definition) is 5. The van der Waals surface area contributed by atoms with Crippen LogP contribution in [0.2, 0.25) is 0 Å².